The van der Waals surface area contributed by atoms with Gasteiger partial charge in [-0.15, -0.1) is 11.3 Å². The third kappa shape index (κ3) is 2.49. The van der Waals surface area contributed by atoms with E-state index in [4.69, 9.17) is 0 Å². The van der Waals surface area contributed by atoms with Gasteiger partial charge in [-0.3, -0.25) is 0 Å². The molecular weight excluding hydrogens is 206 g/mol. The highest BCUT2D eigenvalue weighted by molar-refractivity contribution is 7.15. The number of aromatic nitrogens is 1. The van der Waals surface area contributed by atoms with Gasteiger partial charge in [-0.2, -0.15) is 0 Å². The Morgan fingerprint density at radius 3 is 3.00 bits per heavy atom. The normalized spacial score (nSPS) is 17.8. The van der Waals surface area contributed by atoms with Crippen molar-refractivity contribution in [2.75, 3.05) is 19.0 Å². The van der Waals surface area contributed by atoms with E-state index in [0.29, 0.717) is 6.04 Å². The van der Waals surface area contributed by atoms with Crippen LogP contribution in [0.3, 0.4) is 0 Å². The predicted octanol–water partition coefficient (Wildman–Crippen LogP) is 2.10. The molecule has 0 saturated heterocycles. The maximum atomic E-state index is 4.47. The summed E-state index contributed by atoms with van der Waals surface area (Å²) in [6.07, 6.45) is 4.76. The first-order valence-electron chi connectivity index (χ1n) is 5.54. The van der Waals surface area contributed by atoms with Crippen LogP contribution in [0.4, 0.5) is 5.13 Å². The molecule has 0 spiro atoms. The minimum Gasteiger partial charge on any atom is -0.348 e. The van der Waals surface area contributed by atoms with E-state index in [1.165, 1.54) is 17.7 Å². The average molecular weight is 225 g/mol. The van der Waals surface area contributed by atoms with Crippen molar-refractivity contribution in [3.63, 3.8) is 0 Å². The van der Waals surface area contributed by atoms with Gasteiger partial charge in [0.2, 0.25) is 0 Å². The van der Waals surface area contributed by atoms with E-state index in [9.17, 15) is 0 Å². The van der Waals surface area contributed by atoms with Crippen molar-refractivity contribution in [1.82, 2.24) is 10.3 Å². The largest absolute Gasteiger partial charge is 0.348 e. The average Bonchev–Trinajstić information content (AvgIpc) is 2.98. The molecule has 4 heteroatoms. The Bertz CT molecular complexity index is 319. The van der Waals surface area contributed by atoms with Crippen molar-refractivity contribution in [2.24, 2.45) is 5.92 Å². The summed E-state index contributed by atoms with van der Waals surface area (Å²) in [5.74, 6) is 0.895. The zero-order chi connectivity index (χ0) is 10.8. The lowest BCUT2D eigenvalue weighted by Gasteiger charge is -2.23. The Morgan fingerprint density at radius 2 is 2.40 bits per heavy atom. The molecule has 1 unspecified atom stereocenters. The summed E-state index contributed by atoms with van der Waals surface area (Å²) in [7, 11) is 4.13. The van der Waals surface area contributed by atoms with E-state index >= 15 is 0 Å². The quantitative estimate of drug-likeness (QED) is 0.832. The van der Waals surface area contributed by atoms with Crippen molar-refractivity contribution in [3.8, 4) is 0 Å². The molecule has 3 nitrogen and oxygen atoms in total. The van der Waals surface area contributed by atoms with Gasteiger partial charge in [-0.1, -0.05) is 0 Å². The second kappa shape index (κ2) is 4.49. The van der Waals surface area contributed by atoms with Crippen LogP contribution in [0.25, 0.3) is 0 Å². The van der Waals surface area contributed by atoms with E-state index in [2.05, 4.69) is 29.2 Å². The first-order valence-corrected chi connectivity index (χ1v) is 6.36. The van der Waals surface area contributed by atoms with Crippen molar-refractivity contribution in [1.29, 1.82) is 0 Å². The third-order valence-electron chi connectivity index (χ3n) is 3.11. The Balaban J connectivity index is 2.00. The molecule has 15 heavy (non-hydrogen) atoms. The molecule has 1 saturated carbocycles. The van der Waals surface area contributed by atoms with E-state index < -0.39 is 0 Å². The maximum absolute atomic E-state index is 4.47. The number of nitrogens with one attached hydrogen (secondary N) is 1. The van der Waals surface area contributed by atoms with E-state index in [1.807, 2.05) is 13.2 Å². The predicted molar refractivity (Wildman–Crippen MR) is 65.5 cm³/mol. The smallest absolute Gasteiger partial charge is 0.185 e. The topological polar surface area (TPSA) is 28.2 Å². The van der Waals surface area contributed by atoms with Crippen LogP contribution in [-0.2, 0) is 6.54 Å². The summed E-state index contributed by atoms with van der Waals surface area (Å²) in [4.78, 5) is 8.10. The zero-order valence-corrected chi connectivity index (χ0v) is 10.5. The summed E-state index contributed by atoms with van der Waals surface area (Å²) < 4.78 is 0. The molecular formula is C11H19N3S. The molecule has 1 fully saturated rings. The minimum absolute atomic E-state index is 0.638. The van der Waals surface area contributed by atoms with Crippen LogP contribution in [-0.4, -0.2) is 25.1 Å². The molecule has 2 rings (SSSR count). The van der Waals surface area contributed by atoms with E-state index in [0.717, 1.165) is 17.6 Å². The molecule has 84 valence electrons. The Kier molecular flexibility index (Phi) is 3.26. The number of rotatable bonds is 5. The van der Waals surface area contributed by atoms with Crippen molar-refractivity contribution in [2.45, 2.75) is 32.4 Å². The highest BCUT2D eigenvalue weighted by Gasteiger charge is 2.31. The van der Waals surface area contributed by atoms with Gasteiger partial charge in [-0.25, -0.2) is 4.98 Å². The molecule has 0 amide bonds. The molecule has 1 aromatic heterocycles. The van der Waals surface area contributed by atoms with Crippen molar-refractivity contribution in [3.05, 3.63) is 11.1 Å². The van der Waals surface area contributed by atoms with Crippen LogP contribution in [0.15, 0.2) is 6.20 Å². The lowest BCUT2D eigenvalue weighted by Crippen LogP contribution is -2.30. The van der Waals surface area contributed by atoms with Crippen molar-refractivity contribution < 1.29 is 0 Å². The van der Waals surface area contributed by atoms with Crippen LogP contribution < -0.4 is 10.2 Å². The Morgan fingerprint density at radius 1 is 1.67 bits per heavy atom. The minimum atomic E-state index is 0.638. The second-order valence-corrected chi connectivity index (χ2v) is 5.42. The number of thiazole rings is 1. The number of nitrogens with zero attached hydrogens (tertiary/aromatic N) is 2. The molecule has 1 atom stereocenters. The van der Waals surface area contributed by atoms with Crippen molar-refractivity contribution >= 4 is 16.5 Å². The molecule has 1 aliphatic carbocycles. The van der Waals surface area contributed by atoms with Crippen LogP contribution in [0.1, 0.15) is 24.6 Å². The molecule has 0 aliphatic heterocycles. The van der Waals surface area contributed by atoms with Gasteiger partial charge in [0, 0.05) is 30.7 Å². The first kappa shape index (κ1) is 10.9. The fourth-order valence-electron chi connectivity index (χ4n) is 1.79. The lowest BCUT2D eigenvalue weighted by molar-refractivity contribution is 0.608. The van der Waals surface area contributed by atoms with E-state index in [1.54, 1.807) is 11.3 Å². The zero-order valence-electron chi connectivity index (χ0n) is 9.66. The summed E-state index contributed by atoms with van der Waals surface area (Å²) in [6.45, 7) is 3.22. The van der Waals surface area contributed by atoms with Gasteiger partial charge >= 0.3 is 0 Å². The maximum Gasteiger partial charge on any atom is 0.185 e. The van der Waals surface area contributed by atoms with Crippen LogP contribution in [0.5, 0.6) is 0 Å². The fraction of sp³-hybridized carbons (Fsp3) is 0.727. The first-order chi connectivity index (χ1) is 7.22. The standard InChI is InChI=1S/C11H19N3S/c1-8(9-4-5-9)14(3)11-13-7-10(15-11)6-12-2/h7-9,12H,4-6H2,1-3H3. The van der Waals surface area contributed by atoms with Gasteiger partial charge in [-0.05, 0) is 32.7 Å². The monoisotopic (exact) mass is 225 g/mol. The van der Waals surface area contributed by atoms with Crippen LogP contribution in [0, 0.1) is 5.92 Å². The number of hydrogen-bond donors (Lipinski definition) is 1. The molecule has 1 aliphatic rings. The number of hydrogen-bond acceptors (Lipinski definition) is 4. The van der Waals surface area contributed by atoms with Gasteiger partial charge in [0.25, 0.3) is 0 Å². The molecule has 0 aromatic carbocycles. The van der Waals surface area contributed by atoms with Gasteiger partial charge in [0.05, 0.1) is 0 Å². The molecule has 1 heterocycles. The highest BCUT2D eigenvalue weighted by Crippen LogP contribution is 2.37. The second-order valence-electron chi connectivity index (χ2n) is 4.33. The molecule has 1 N–H and O–H groups in total. The lowest BCUT2D eigenvalue weighted by atomic mass is 10.2. The van der Waals surface area contributed by atoms with Gasteiger partial charge in [0.1, 0.15) is 0 Å². The Labute approximate surface area is 95.5 Å². The SMILES string of the molecule is CNCc1cnc(N(C)C(C)C2CC2)s1. The summed E-state index contributed by atoms with van der Waals surface area (Å²) in [5.41, 5.74) is 0. The fourth-order valence-corrected chi connectivity index (χ4v) is 2.76. The Hall–Kier alpha value is -0.610. The molecule has 1 aromatic rings. The molecule has 0 radical (unpaired) electrons. The third-order valence-corrected chi connectivity index (χ3v) is 4.20. The van der Waals surface area contributed by atoms with Crippen LogP contribution in [0.2, 0.25) is 0 Å². The summed E-state index contributed by atoms with van der Waals surface area (Å²) >= 11 is 1.79. The molecule has 0 bridgehead atoms. The van der Waals surface area contributed by atoms with Crippen LogP contribution >= 0.6 is 11.3 Å². The van der Waals surface area contributed by atoms with Gasteiger partial charge in [0.15, 0.2) is 5.13 Å². The number of anilines is 1. The summed E-state index contributed by atoms with van der Waals surface area (Å²) in [5, 5.41) is 4.30. The van der Waals surface area contributed by atoms with Gasteiger partial charge < -0.3 is 10.2 Å². The summed E-state index contributed by atoms with van der Waals surface area (Å²) in [6, 6.07) is 0.638. The highest BCUT2D eigenvalue weighted by atomic mass is 32.1. The van der Waals surface area contributed by atoms with E-state index in [-0.39, 0.29) is 0 Å².